The van der Waals surface area contributed by atoms with Gasteiger partial charge >= 0.3 is 5.69 Å². The van der Waals surface area contributed by atoms with E-state index in [1.165, 1.54) is 18.9 Å². The van der Waals surface area contributed by atoms with Crippen molar-refractivity contribution in [1.82, 2.24) is 10.3 Å². The molecular formula is C14H21N5O2. The standard InChI is InChI=1S/C14H21N5O2/c15-14-12(19(20)21)3-4-13(17-14)18-8-5-10(6-9-18)11-2-1-7-16-11/h3-4,10-11,16H,1-2,5-9H2,(H2,15,17). The van der Waals surface area contributed by atoms with Crippen molar-refractivity contribution in [3.05, 3.63) is 22.2 Å². The highest BCUT2D eigenvalue weighted by atomic mass is 16.6. The molecule has 3 rings (SSSR count). The Morgan fingerprint density at radius 1 is 1.33 bits per heavy atom. The SMILES string of the molecule is Nc1nc(N2CCC(C3CCCN3)CC2)ccc1[N+](=O)[O-]. The van der Waals surface area contributed by atoms with E-state index in [1.807, 2.05) is 0 Å². The molecule has 0 aliphatic carbocycles. The number of pyridine rings is 1. The van der Waals surface area contributed by atoms with Gasteiger partial charge in [0.05, 0.1) is 4.92 Å². The van der Waals surface area contributed by atoms with E-state index in [4.69, 9.17) is 5.73 Å². The van der Waals surface area contributed by atoms with Gasteiger partial charge in [0, 0.05) is 25.2 Å². The zero-order valence-corrected chi connectivity index (χ0v) is 12.0. The van der Waals surface area contributed by atoms with Gasteiger partial charge < -0.3 is 16.0 Å². The molecule has 0 aromatic carbocycles. The van der Waals surface area contributed by atoms with Crippen LogP contribution in [0.2, 0.25) is 0 Å². The molecular weight excluding hydrogens is 270 g/mol. The lowest BCUT2D eigenvalue weighted by molar-refractivity contribution is -0.384. The van der Waals surface area contributed by atoms with E-state index in [0.717, 1.165) is 44.2 Å². The minimum absolute atomic E-state index is 0.00270. The molecule has 1 unspecified atom stereocenters. The van der Waals surface area contributed by atoms with Crippen molar-refractivity contribution >= 4 is 17.3 Å². The van der Waals surface area contributed by atoms with Crippen molar-refractivity contribution in [3.8, 4) is 0 Å². The number of hydrogen-bond donors (Lipinski definition) is 2. The van der Waals surface area contributed by atoms with Gasteiger partial charge in [0.2, 0.25) is 5.82 Å². The summed E-state index contributed by atoms with van der Waals surface area (Å²) in [7, 11) is 0. The summed E-state index contributed by atoms with van der Waals surface area (Å²) < 4.78 is 0. The number of rotatable bonds is 3. The highest BCUT2D eigenvalue weighted by Gasteiger charge is 2.29. The van der Waals surface area contributed by atoms with Gasteiger partial charge in [-0.15, -0.1) is 0 Å². The van der Waals surface area contributed by atoms with E-state index in [0.29, 0.717) is 6.04 Å². The highest BCUT2D eigenvalue weighted by Crippen LogP contribution is 2.29. The topological polar surface area (TPSA) is 97.3 Å². The van der Waals surface area contributed by atoms with Crippen molar-refractivity contribution in [1.29, 1.82) is 0 Å². The van der Waals surface area contributed by atoms with Gasteiger partial charge in [-0.1, -0.05) is 0 Å². The number of nitro groups is 1. The normalized spacial score (nSPS) is 23.4. The van der Waals surface area contributed by atoms with Gasteiger partial charge in [0.15, 0.2) is 0 Å². The van der Waals surface area contributed by atoms with Crippen LogP contribution in [0.15, 0.2) is 12.1 Å². The Balaban J connectivity index is 1.64. The molecule has 0 saturated carbocycles. The van der Waals surface area contributed by atoms with E-state index in [9.17, 15) is 10.1 Å². The predicted octanol–water partition coefficient (Wildman–Crippen LogP) is 1.54. The van der Waals surface area contributed by atoms with Crippen molar-refractivity contribution in [3.63, 3.8) is 0 Å². The first kappa shape index (κ1) is 14.1. The average molecular weight is 291 g/mol. The second-order valence-corrected chi connectivity index (χ2v) is 5.86. The third kappa shape index (κ3) is 2.92. The Bertz CT molecular complexity index is 522. The summed E-state index contributed by atoms with van der Waals surface area (Å²) in [5, 5.41) is 14.3. The molecule has 2 aliphatic rings. The Kier molecular flexibility index (Phi) is 3.92. The van der Waals surface area contributed by atoms with Crippen molar-refractivity contribution in [2.45, 2.75) is 31.7 Å². The molecule has 0 bridgehead atoms. The van der Waals surface area contributed by atoms with E-state index in [1.54, 1.807) is 6.07 Å². The van der Waals surface area contributed by atoms with E-state index >= 15 is 0 Å². The maximum Gasteiger partial charge on any atom is 0.311 e. The second kappa shape index (κ2) is 5.85. The smallest absolute Gasteiger partial charge is 0.311 e. The predicted molar refractivity (Wildman–Crippen MR) is 81.3 cm³/mol. The maximum absolute atomic E-state index is 10.8. The fourth-order valence-electron chi connectivity index (χ4n) is 3.43. The second-order valence-electron chi connectivity index (χ2n) is 5.86. The van der Waals surface area contributed by atoms with E-state index in [-0.39, 0.29) is 11.5 Å². The summed E-state index contributed by atoms with van der Waals surface area (Å²) in [5.74, 6) is 1.48. The van der Waals surface area contributed by atoms with Crippen LogP contribution >= 0.6 is 0 Å². The van der Waals surface area contributed by atoms with Gasteiger partial charge in [0.25, 0.3) is 0 Å². The van der Waals surface area contributed by atoms with E-state index < -0.39 is 4.92 Å². The molecule has 114 valence electrons. The summed E-state index contributed by atoms with van der Waals surface area (Å²) >= 11 is 0. The lowest BCUT2D eigenvalue weighted by atomic mass is 9.88. The molecule has 21 heavy (non-hydrogen) atoms. The number of hydrogen-bond acceptors (Lipinski definition) is 6. The lowest BCUT2D eigenvalue weighted by Gasteiger charge is -2.35. The number of nitrogens with two attached hydrogens (primary N) is 1. The first-order chi connectivity index (χ1) is 10.1. The molecule has 1 aromatic heterocycles. The van der Waals surface area contributed by atoms with Crippen LogP contribution in [0.3, 0.4) is 0 Å². The zero-order chi connectivity index (χ0) is 14.8. The number of nitrogen functional groups attached to an aromatic ring is 1. The molecule has 1 atom stereocenters. The molecule has 7 nitrogen and oxygen atoms in total. The van der Waals surface area contributed by atoms with Crippen LogP contribution in [0.4, 0.5) is 17.3 Å². The molecule has 0 radical (unpaired) electrons. The summed E-state index contributed by atoms with van der Waals surface area (Å²) in [6.07, 6.45) is 4.84. The van der Waals surface area contributed by atoms with Crippen molar-refractivity contribution in [2.75, 3.05) is 30.3 Å². The molecule has 0 amide bonds. The third-order valence-corrected chi connectivity index (χ3v) is 4.62. The van der Waals surface area contributed by atoms with Gasteiger partial charge in [0.1, 0.15) is 5.82 Å². The quantitative estimate of drug-likeness (QED) is 0.647. The Morgan fingerprint density at radius 2 is 2.10 bits per heavy atom. The molecule has 2 aliphatic heterocycles. The number of anilines is 2. The minimum Gasteiger partial charge on any atom is -0.378 e. The number of nitrogens with one attached hydrogen (secondary N) is 1. The lowest BCUT2D eigenvalue weighted by Crippen LogP contribution is -2.41. The molecule has 1 aromatic rings. The molecule has 7 heteroatoms. The molecule has 0 spiro atoms. The van der Waals surface area contributed by atoms with Crippen LogP contribution in [0.25, 0.3) is 0 Å². The molecule has 3 heterocycles. The average Bonchev–Trinajstić information content (AvgIpc) is 3.01. The summed E-state index contributed by atoms with van der Waals surface area (Å²) in [4.78, 5) is 16.6. The molecule has 2 saturated heterocycles. The number of aromatic nitrogens is 1. The van der Waals surface area contributed by atoms with Crippen LogP contribution in [0.5, 0.6) is 0 Å². The number of piperidine rings is 1. The van der Waals surface area contributed by atoms with Gasteiger partial charge in [-0.25, -0.2) is 4.98 Å². The summed E-state index contributed by atoms with van der Waals surface area (Å²) in [6, 6.07) is 3.81. The largest absolute Gasteiger partial charge is 0.378 e. The van der Waals surface area contributed by atoms with Gasteiger partial charge in [-0.3, -0.25) is 10.1 Å². The summed E-state index contributed by atoms with van der Waals surface area (Å²) in [5.41, 5.74) is 5.54. The van der Waals surface area contributed by atoms with E-state index in [2.05, 4.69) is 15.2 Å². The number of nitrogens with zero attached hydrogens (tertiary/aromatic N) is 3. The third-order valence-electron chi connectivity index (χ3n) is 4.62. The van der Waals surface area contributed by atoms with Crippen LogP contribution in [0, 0.1) is 16.0 Å². The zero-order valence-electron chi connectivity index (χ0n) is 12.0. The van der Waals surface area contributed by atoms with Crippen LogP contribution in [0.1, 0.15) is 25.7 Å². The fourth-order valence-corrected chi connectivity index (χ4v) is 3.43. The highest BCUT2D eigenvalue weighted by molar-refractivity contribution is 5.58. The Morgan fingerprint density at radius 3 is 2.67 bits per heavy atom. The first-order valence-electron chi connectivity index (χ1n) is 7.54. The van der Waals surface area contributed by atoms with Gasteiger partial charge in [-0.2, -0.15) is 0 Å². The minimum atomic E-state index is -0.496. The van der Waals surface area contributed by atoms with Crippen LogP contribution in [-0.4, -0.2) is 35.6 Å². The van der Waals surface area contributed by atoms with Crippen molar-refractivity contribution < 1.29 is 4.92 Å². The first-order valence-corrected chi connectivity index (χ1v) is 7.54. The Hall–Kier alpha value is -1.89. The molecule has 3 N–H and O–H groups in total. The monoisotopic (exact) mass is 291 g/mol. The summed E-state index contributed by atoms with van der Waals surface area (Å²) in [6.45, 7) is 3.02. The van der Waals surface area contributed by atoms with Crippen molar-refractivity contribution in [2.24, 2.45) is 5.92 Å². The van der Waals surface area contributed by atoms with Gasteiger partial charge in [-0.05, 0) is 44.2 Å². The fraction of sp³-hybridized carbons (Fsp3) is 0.643. The van der Waals surface area contributed by atoms with Crippen LogP contribution < -0.4 is 16.0 Å². The Labute approximate surface area is 123 Å². The maximum atomic E-state index is 10.8. The van der Waals surface area contributed by atoms with Crippen LogP contribution in [-0.2, 0) is 0 Å². The molecule has 2 fully saturated rings.